The van der Waals surface area contributed by atoms with Crippen LogP contribution in [0.4, 0.5) is 0 Å². The molecule has 7 heteroatoms. The highest BCUT2D eigenvalue weighted by Gasteiger charge is 2.32. The van der Waals surface area contributed by atoms with Crippen molar-refractivity contribution in [2.24, 2.45) is 0 Å². The highest BCUT2D eigenvalue weighted by Crippen LogP contribution is 2.31. The summed E-state index contributed by atoms with van der Waals surface area (Å²) in [4.78, 5) is 20.4. The van der Waals surface area contributed by atoms with E-state index in [1.165, 1.54) is 4.31 Å². The lowest BCUT2D eigenvalue weighted by Crippen LogP contribution is -2.50. The number of fused-ring (bicyclic) bond motifs is 2. The molecule has 0 unspecified atom stereocenters. The summed E-state index contributed by atoms with van der Waals surface area (Å²) in [7, 11) is -3.55. The number of rotatable bonds is 3. The summed E-state index contributed by atoms with van der Waals surface area (Å²) in [5.74, 6) is -0.0101. The molecule has 1 aliphatic carbocycles. The first-order valence-corrected chi connectivity index (χ1v) is 12.2. The zero-order valence-corrected chi connectivity index (χ0v) is 18.4. The van der Waals surface area contributed by atoms with Crippen molar-refractivity contribution in [2.75, 3.05) is 26.2 Å². The minimum Gasteiger partial charge on any atom is -0.336 e. The summed E-state index contributed by atoms with van der Waals surface area (Å²) in [5, 5.41) is 0.892. The number of aromatic nitrogens is 1. The Morgan fingerprint density at radius 3 is 2.39 bits per heavy atom. The van der Waals surface area contributed by atoms with Gasteiger partial charge in [0.25, 0.3) is 5.91 Å². The number of aryl methyl sites for hydroxylation is 2. The van der Waals surface area contributed by atoms with Crippen molar-refractivity contribution in [3.8, 4) is 0 Å². The number of carbonyl (C=O) groups is 1. The number of pyridine rings is 1. The molecule has 0 atom stereocenters. The molecule has 0 radical (unpaired) electrons. The topological polar surface area (TPSA) is 70.6 Å². The molecule has 2 aliphatic rings. The fraction of sp³-hybridized carbons (Fsp3) is 0.333. The lowest BCUT2D eigenvalue weighted by atomic mass is 10.00. The molecule has 5 rings (SSSR count). The molecule has 6 nitrogen and oxygen atoms in total. The third kappa shape index (κ3) is 3.51. The van der Waals surface area contributed by atoms with Crippen LogP contribution in [0.15, 0.2) is 53.4 Å². The summed E-state index contributed by atoms with van der Waals surface area (Å²) >= 11 is 0. The van der Waals surface area contributed by atoms with E-state index in [4.69, 9.17) is 4.98 Å². The van der Waals surface area contributed by atoms with E-state index in [0.717, 1.165) is 52.5 Å². The van der Waals surface area contributed by atoms with Gasteiger partial charge in [-0.25, -0.2) is 8.42 Å². The maximum absolute atomic E-state index is 13.6. The van der Waals surface area contributed by atoms with Crippen LogP contribution >= 0.6 is 0 Å². The molecular weight excluding hydrogens is 410 g/mol. The second-order valence-corrected chi connectivity index (χ2v) is 10.2. The number of carbonyl (C=O) groups excluding carboxylic acids is 1. The Balaban J connectivity index is 1.40. The van der Waals surface area contributed by atoms with Gasteiger partial charge in [0.05, 0.1) is 16.0 Å². The monoisotopic (exact) mass is 435 g/mol. The molecule has 0 bridgehead atoms. The number of benzene rings is 2. The molecule has 1 aromatic heterocycles. The van der Waals surface area contributed by atoms with Crippen LogP contribution < -0.4 is 0 Å². The van der Waals surface area contributed by atoms with Gasteiger partial charge >= 0.3 is 0 Å². The van der Waals surface area contributed by atoms with E-state index < -0.39 is 10.0 Å². The first-order chi connectivity index (χ1) is 14.9. The Morgan fingerprint density at radius 2 is 1.65 bits per heavy atom. The van der Waals surface area contributed by atoms with Gasteiger partial charge in [0.1, 0.15) is 0 Å². The van der Waals surface area contributed by atoms with Crippen molar-refractivity contribution in [2.45, 2.75) is 31.1 Å². The number of hydrogen-bond acceptors (Lipinski definition) is 4. The van der Waals surface area contributed by atoms with Gasteiger partial charge < -0.3 is 4.90 Å². The SMILES string of the molecule is Cc1ccc(S(=O)(=O)N2CCN(C(=O)c3c4c(nc5ccccc35)CCC4)CC2)cc1. The lowest BCUT2D eigenvalue weighted by molar-refractivity contribution is 0.0699. The van der Waals surface area contributed by atoms with Gasteiger partial charge in [0, 0.05) is 37.3 Å². The van der Waals surface area contributed by atoms with E-state index in [2.05, 4.69) is 0 Å². The molecule has 160 valence electrons. The predicted molar refractivity (Wildman–Crippen MR) is 120 cm³/mol. The zero-order valence-electron chi connectivity index (χ0n) is 17.5. The largest absolute Gasteiger partial charge is 0.336 e. The quantitative estimate of drug-likeness (QED) is 0.634. The zero-order chi connectivity index (χ0) is 21.6. The molecule has 2 aromatic carbocycles. The lowest BCUT2D eigenvalue weighted by Gasteiger charge is -2.34. The van der Waals surface area contributed by atoms with E-state index in [9.17, 15) is 13.2 Å². The third-order valence-electron chi connectivity index (χ3n) is 6.32. The minimum absolute atomic E-state index is 0.0101. The molecule has 1 amide bonds. The van der Waals surface area contributed by atoms with E-state index in [1.807, 2.05) is 43.3 Å². The molecular formula is C24H25N3O3S. The van der Waals surface area contributed by atoms with Gasteiger partial charge in [-0.1, -0.05) is 35.9 Å². The van der Waals surface area contributed by atoms with Crippen LogP contribution in [-0.4, -0.2) is 54.7 Å². The van der Waals surface area contributed by atoms with Gasteiger partial charge in [-0.05, 0) is 49.9 Å². The van der Waals surface area contributed by atoms with Gasteiger partial charge in [-0.15, -0.1) is 0 Å². The maximum atomic E-state index is 13.6. The predicted octanol–water partition coefficient (Wildman–Crippen LogP) is 3.18. The Kier molecular flexibility index (Phi) is 5.02. The van der Waals surface area contributed by atoms with Crippen LogP contribution in [0.2, 0.25) is 0 Å². The summed E-state index contributed by atoms with van der Waals surface area (Å²) in [6.07, 6.45) is 2.79. The van der Waals surface area contributed by atoms with E-state index in [0.29, 0.717) is 31.1 Å². The van der Waals surface area contributed by atoms with Crippen molar-refractivity contribution < 1.29 is 13.2 Å². The van der Waals surface area contributed by atoms with Gasteiger partial charge in [-0.2, -0.15) is 4.31 Å². The van der Waals surface area contributed by atoms with E-state index >= 15 is 0 Å². The molecule has 0 spiro atoms. The first kappa shape index (κ1) is 20.2. The van der Waals surface area contributed by atoms with Gasteiger partial charge in [0.15, 0.2) is 0 Å². The second-order valence-electron chi connectivity index (χ2n) is 8.29. The molecule has 31 heavy (non-hydrogen) atoms. The molecule has 1 saturated heterocycles. The van der Waals surface area contributed by atoms with Gasteiger partial charge in [0.2, 0.25) is 10.0 Å². The molecule has 1 aliphatic heterocycles. The smallest absolute Gasteiger partial charge is 0.254 e. The minimum atomic E-state index is -3.55. The molecule has 3 aromatic rings. The van der Waals surface area contributed by atoms with E-state index in [-0.39, 0.29) is 5.91 Å². The molecule has 0 N–H and O–H groups in total. The van der Waals surface area contributed by atoms with Crippen molar-refractivity contribution >= 4 is 26.8 Å². The van der Waals surface area contributed by atoms with Crippen LogP contribution in [0.5, 0.6) is 0 Å². The third-order valence-corrected chi connectivity index (χ3v) is 8.23. The fourth-order valence-corrected chi connectivity index (χ4v) is 6.03. The first-order valence-electron chi connectivity index (χ1n) is 10.7. The number of sulfonamides is 1. The fourth-order valence-electron chi connectivity index (χ4n) is 4.60. The number of amides is 1. The Bertz CT molecular complexity index is 1260. The summed E-state index contributed by atoms with van der Waals surface area (Å²) in [5.41, 5.74) is 4.73. The summed E-state index contributed by atoms with van der Waals surface area (Å²) < 4.78 is 27.5. The van der Waals surface area contributed by atoms with Crippen LogP contribution in [0.3, 0.4) is 0 Å². The maximum Gasteiger partial charge on any atom is 0.254 e. The van der Waals surface area contributed by atoms with Gasteiger partial charge in [-0.3, -0.25) is 9.78 Å². The average molecular weight is 436 g/mol. The normalized spacial score (nSPS) is 17.1. The Labute approximate surface area is 182 Å². The highest BCUT2D eigenvalue weighted by atomic mass is 32.2. The van der Waals surface area contributed by atoms with Crippen molar-refractivity contribution in [1.29, 1.82) is 0 Å². The van der Waals surface area contributed by atoms with Crippen molar-refractivity contribution in [1.82, 2.24) is 14.2 Å². The average Bonchev–Trinajstić information content (AvgIpc) is 3.25. The van der Waals surface area contributed by atoms with Crippen LogP contribution in [0.1, 0.15) is 33.6 Å². The highest BCUT2D eigenvalue weighted by molar-refractivity contribution is 7.89. The van der Waals surface area contributed by atoms with Crippen molar-refractivity contribution in [3.63, 3.8) is 0 Å². The molecule has 1 fully saturated rings. The number of piperazine rings is 1. The Hall–Kier alpha value is -2.77. The summed E-state index contributed by atoms with van der Waals surface area (Å²) in [6, 6.07) is 14.7. The number of hydrogen-bond donors (Lipinski definition) is 0. The molecule has 2 heterocycles. The Morgan fingerprint density at radius 1 is 0.935 bits per heavy atom. The number of para-hydroxylation sites is 1. The summed E-state index contributed by atoms with van der Waals surface area (Å²) in [6.45, 7) is 3.30. The van der Waals surface area contributed by atoms with Crippen LogP contribution in [-0.2, 0) is 22.9 Å². The van der Waals surface area contributed by atoms with E-state index in [1.54, 1.807) is 17.0 Å². The number of nitrogens with zero attached hydrogens (tertiary/aromatic N) is 3. The standard InChI is InChI=1S/C24H25N3O3S/c1-17-9-11-18(12-10-17)31(29,30)27-15-13-26(14-16-27)24(28)23-19-5-2-3-7-21(19)25-22-8-4-6-20(22)23/h2-3,5,7,9-12H,4,6,8,13-16H2,1H3. The van der Waals surface area contributed by atoms with Crippen LogP contribution in [0, 0.1) is 6.92 Å². The molecule has 0 saturated carbocycles. The second kappa shape index (κ2) is 7.73. The van der Waals surface area contributed by atoms with Crippen molar-refractivity contribution in [3.05, 3.63) is 70.9 Å². The van der Waals surface area contributed by atoms with Crippen LogP contribution in [0.25, 0.3) is 10.9 Å².